The van der Waals surface area contributed by atoms with Crippen LogP contribution in [0.3, 0.4) is 0 Å². The standard InChI is InChI=1S/C18H12F3N3O/c19-11-2-1-3-13(8-11)23-14-6-7-22-17(10-14)18(25)24-16-5-4-12(20)9-15(16)21/h1-10H,(H,22,23)(H,24,25). The van der Waals surface area contributed by atoms with Crippen LogP contribution in [-0.2, 0) is 0 Å². The number of aromatic nitrogens is 1. The first kappa shape index (κ1) is 16.5. The van der Waals surface area contributed by atoms with Crippen molar-refractivity contribution in [2.24, 2.45) is 0 Å². The molecule has 4 nitrogen and oxygen atoms in total. The molecule has 0 saturated heterocycles. The fourth-order valence-electron chi connectivity index (χ4n) is 2.14. The number of pyridine rings is 1. The molecular formula is C18H12F3N3O. The summed E-state index contributed by atoms with van der Waals surface area (Å²) in [6.07, 6.45) is 1.39. The second-order valence-corrected chi connectivity index (χ2v) is 5.14. The second-order valence-electron chi connectivity index (χ2n) is 5.14. The molecule has 0 unspecified atom stereocenters. The van der Waals surface area contributed by atoms with Crippen molar-refractivity contribution in [3.63, 3.8) is 0 Å². The van der Waals surface area contributed by atoms with Gasteiger partial charge in [0.25, 0.3) is 5.91 Å². The van der Waals surface area contributed by atoms with Crippen LogP contribution in [0.15, 0.2) is 60.8 Å². The van der Waals surface area contributed by atoms with Gasteiger partial charge in [-0.1, -0.05) is 6.07 Å². The van der Waals surface area contributed by atoms with Crippen molar-refractivity contribution in [1.82, 2.24) is 4.98 Å². The summed E-state index contributed by atoms with van der Waals surface area (Å²) in [5, 5.41) is 5.26. The van der Waals surface area contributed by atoms with Crippen molar-refractivity contribution >= 4 is 23.0 Å². The van der Waals surface area contributed by atoms with Gasteiger partial charge in [0.05, 0.1) is 5.69 Å². The third-order valence-corrected chi connectivity index (χ3v) is 3.29. The summed E-state index contributed by atoms with van der Waals surface area (Å²) in [4.78, 5) is 16.1. The van der Waals surface area contributed by atoms with E-state index in [2.05, 4.69) is 15.6 Å². The van der Waals surface area contributed by atoms with Crippen LogP contribution in [0.1, 0.15) is 10.5 Å². The van der Waals surface area contributed by atoms with Gasteiger partial charge in [-0.05, 0) is 42.5 Å². The molecule has 3 rings (SSSR count). The molecule has 0 aliphatic heterocycles. The molecule has 0 bridgehead atoms. The molecule has 0 atom stereocenters. The number of carbonyl (C=O) groups is 1. The molecule has 0 aliphatic carbocycles. The number of halogens is 3. The van der Waals surface area contributed by atoms with E-state index in [1.807, 2.05) is 0 Å². The summed E-state index contributed by atoms with van der Waals surface area (Å²) in [7, 11) is 0. The molecule has 0 fully saturated rings. The van der Waals surface area contributed by atoms with Crippen molar-refractivity contribution in [1.29, 1.82) is 0 Å². The molecule has 1 heterocycles. The monoisotopic (exact) mass is 343 g/mol. The van der Waals surface area contributed by atoms with Gasteiger partial charge in [0, 0.05) is 23.6 Å². The number of anilines is 3. The Kier molecular flexibility index (Phi) is 4.65. The number of benzene rings is 2. The lowest BCUT2D eigenvalue weighted by molar-refractivity contribution is 0.102. The SMILES string of the molecule is O=C(Nc1ccc(F)cc1F)c1cc(Nc2cccc(F)c2)ccn1. The lowest BCUT2D eigenvalue weighted by Crippen LogP contribution is -2.15. The normalized spacial score (nSPS) is 10.4. The molecule has 126 valence electrons. The number of rotatable bonds is 4. The minimum absolute atomic E-state index is 0.0186. The largest absolute Gasteiger partial charge is 0.355 e. The molecule has 0 spiro atoms. The van der Waals surface area contributed by atoms with Gasteiger partial charge < -0.3 is 10.6 Å². The van der Waals surface area contributed by atoms with Gasteiger partial charge in [-0.25, -0.2) is 13.2 Å². The lowest BCUT2D eigenvalue weighted by atomic mass is 10.2. The maximum Gasteiger partial charge on any atom is 0.274 e. The molecule has 25 heavy (non-hydrogen) atoms. The Balaban J connectivity index is 1.77. The number of hydrogen-bond acceptors (Lipinski definition) is 3. The Labute approximate surface area is 141 Å². The van der Waals surface area contributed by atoms with Crippen molar-refractivity contribution in [3.05, 3.63) is 83.9 Å². The van der Waals surface area contributed by atoms with E-state index in [0.29, 0.717) is 17.4 Å². The van der Waals surface area contributed by atoms with Crippen LogP contribution in [-0.4, -0.2) is 10.9 Å². The number of nitrogens with zero attached hydrogens (tertiary/aromatic N) is 1. The maximum absolute atomic E-state index is 13.6. The molecule has 0 aliphatic rings. The van der Waals surface area contributed by atoms with Gasteiger partial charge in [0.15, 0.2) is 0 Å². The zero-order valence-electron chi connectivity index (χ0n) is 12.8. The first-order valence-electron chi connectivity index (χ1n) is 7.26. The van der Waals surface area contributed by atoms with E-state index in [1.54, 1.807) is 18.2 Å². The molecule has 0 saturated carbocycles. The average molecular weight is 343 g/mol. The molecule has 3 aromatic rings. The van der Waals surface area contributed by atoms with Gasteiger partial charge in [-0.15, -0.1) is 0 Å². The van der Waals surface area contributed by atoms with E-state index in [0.717, 1.165) is 12.1 Å². The van der Waals surface area contributed by atoms with Crippen molar-refractivity contribution in [2.45, 2.75) is 0 Å². The first-order valence-corrected chi connectivity index (χ1v) is 7.26. The topological polar surface area (TPSA) is 54.0 Å². The summed E-state index contributed by atoms with van der Waals surface area (Å²) < 4.78 is 39.7. The number of nitrogens with one attached hydrogen (secondary N) is 2. The van der Waals surface area contributed by atoms with Crippen LogP contribution >= 0.6 is 0 Å². The van der Waals surface area contributed by atoms with Crippen LogP contribution in [0.2, 0.25) is 0 Å². The van der Waals surface area contributed by atoms with Gasteiger partial charge >= 0.3 is 0 Å². The highest BCUT2D eigenvalue weighted by Crippen LogP contribution is 2.19. The van der Waals surface area contributed by atoms with Crippen LogP contribution < -0.4 is 10.6 Å². The number of amides is 1. The van der Waals surface area contributed by atoms with Gasteiger partial charge in [-0.2, -0.15) is 0 Å². The Morgan fingerprint density at radius 3 is 2.40 bits per heavy atom. The zero-order chi connectivity index (χ0) is 17.8. The Morgan fingerprint density at radius 1 is 0.880 bits per heavy atom. The van der Waals surface area contributed by atoms with E-state index >= 15 is 0 Å². The molecule has 0 radical (unpaired) electrons. The third-order valence-electron chi connectivity index (χ3n) is 3.29. The molecule has 1 aromatic heterocycles. The highest BCUT2D eigenvalue weighted by molar-refractivity contribution is 6.03. The van der Waals surface area contributed by atoms with Gasteiger partial charge in [0.1, 0.15) is 23.1 Å². The van der Waals surface area contributed by atoms with Crippen LogP contribution in [0, 0.1) is 17.5 Å². The van der Waals surface area contributed by atoms with Crippen LogP contribution in [0.25, 0.3) is 0 Å². The lowest BCUT2D eigenvalue weighted by Gasteiger charge is -2.09. The quantitative estimate of drug-likeness (QED) is 0.734. The fourth-order valence-corrected chi connectivity index (χ4v) is 2.14. The number of carbonyl (C=O) groups excluding carboxylic acids is 1. The van der Waals surface area contributed by atoms with Gasteiger partial charge in [0.2, 0.25) is 0 Å². The summed E-state index contributed by atoms with van der Waals surface area (Å²) in [5.74, 6) is -2.69. The summed E-state index contributed by atoms with van der Waals surface area (Å²) in [6.45, 7) is 0. The van der Waals surface area contributed by atoms with Crippen molar-refractivity contribution in [3.8, 4) is 0 Å². The van der Waals surface area contributed by atoms with Gasteiger partial charge in [-0.3, -0.25) is 9.78 Å². The smallest absolute Gasteiger partial charge is 0.274 e. The second kappa shape index (κ2) is 7.04. The number of hydrogen-bond donors (Lipinski definition) is 2. The summed E-state index contributed by atoms with van der Waals surface area (Å²) in [6, 6.07) is 11.7. The Hall–Kier alpha value is -3.35. The van der Waals surface area contributed by atoms with Crippen molar-refractivity contribution in [2.75, 3.05) is 10.6 Å². The fraction of sp³-hybridized carbons (Fsp3) is 0. The average Bonchev–Trinajstić information content (AvgIpc) is 2.57. The van der Waals surface area contributed by atoms with E-state index < -0.39 is 23.4 Å². The minimum Gasteiger partial charge on any atom is -0.355 e. The van der Waals surface area contributed by atoms with E-state index in [-0.39, 0.29) is 11.4 Å². The van der Waals surface area contributed by atoms with E-state index in [9.17, 15) is 18.0 Å². The van der Waals surface area contributed by atoms with Crippen LogP contribution in [0.5, 0.6) is 0 Å². The van der Waals surface area contributed by atoms with E-state index in [4.69, 9.17) is 0 Å². The predicted octanol–water partition coefficient (Wildman–Crippen LogP) is 4.49. The van der Waals surface area contributed by atoms with E-state index in [1.165, 1.54) is 24.4 Å². The minimum atomic E-state index is -0.887. The van der Waals surface area contributed by atoms with Crippen molar-refractivity contribution < 1.29 is 18.0 Å². The third kappa shape index (κ3) is 4.14. The highest BCUT2D eigenvalue weighted by Gasteiger charge is 2.12. The zero-order valence-corrected chi connectivity index (χ0v) is 12.8. The maximum atomic E-state index is 13.6. The van der Waals surface area contributed by atoms with Crippen LogP contribution in [0.4, 0.5) is 30.2 Å². The molecule has 1 amide bonds. The molecule has 7 heteroatoms. The predicted molar refractivity (Wildman–Crippen MR) is 88.2 cm³/mol. The Bertz CT molecular complexity index is 931. The summed E-state index contributed by atoms with van der Waals surface area (Å²) in [5.41, 5.74) is 0.870. The first-order chi connectivity index (χ1) is 12.0. The highest BCUT2D eigenvalue weighted by atomic mass is 19.1. The summed E-state index contributed by atoms with van der Waals surface area (Å²) >= 11 is 0. The Morgan fingerprint density at radius 2 is 1.64 bits per heavy atom. The molecular weight excluding hydrogens is 331 g/mol. The molecule has 2 N–H and O–H groups in total. The molecule has 2 aromatic carbocycles.